The van der Waals surface area contributed by atoms with Crippen molar-refractivity contribution in [2.45, 2.75) is 19.9 Å². The van der Waals surface area contributed by atoms with Crippen molar-refractivity contribution in [3.8, 4) is 0 Å². The van der Waals surface area contributed by atoms with Gasteiger partial charge in [0.05, 0.1) is 17.4 Å². The largest absolute Gasteiger partial charge is 0.328 e. The molecule has 3 rings (SSSR count). The molecule has 1 unspecified atom stereocenters. The number of nitrogens with zero attached hydrogens (tertiary/aromatic N) is 3. The number of carbonyl (C=O) groups is 1. The molecule has 1 amide bonds. The summed E-state index contributed by atoms with van der Waals surface area (Å²) in [4.78, 5) is 14.3. The minimum atomic E-state index is -0.122. The molecule has 23 heavy (non-hydrogen) atoms. The number of hydrogen-bond acceptors (Lipinski definition) is 3. The first-order chi connectivity index (χ1) is 11.0. The van der Waals surface area contributed by atoms with Crippen molar-refractivity contribution in [2.75, 3.05) is 0 Å². The van der Waals surface area contributed by atoms with E-state index in [4.69, 9.17) is 12.2 Å². The SMILES string of the molecule is Cc1cc(/C=C2\NC(=S)N(C(C)c3ccccc3)C2=O)n(C)n1. The zero-order valence-corrected chi connectivity index (χ0v) is 14.1. The van der Waals surface area contributed by atoms with Gasteiger partial charge in [0.1, 0.15) is 5.70 Å². The monoisotopic (exact) mass is 326 g/mol. The standard InChI is InChI=1S/C17H18N4OS/c1-11-9-14(20(3)19-11)10-15-16(22)21(17(23)18-15)12(2)13-7-5-4-6-8-13/h4-10,12H,1-3H3,(H,18,23)/b15-10-. The Morgan fingerprint density at radius 1 is 1.30 bits per heavy atom. The molecule has 0 spiro atoms. The fourth-order valence-corrected chi connectivity index (χ4v) is 3.05. The number of aryl methyl sites for hydroxylation is 2. The van der Waals surface area contributed by atoms with Crippen molar-refractivity contribution in [2.24, 2.45) is 7.05 Å². The smallest absolute Gasteiger partial charge is 0.277 e. The maximum atomic E-state index is 12.7. The van der Waals surface area contributed by atoms with Gasteiger partial charge >= 0.3 is 0 Å². The lowest BCUT2D eigenvalue weighted by molar-refractivity contribution is -0.123. The van der Waals surface area contributed by atoms with Crippen LogP contribution in [0.15, 0.2) is 42.1 Å². The Morgan fingerprint density at radius 3 is 2.61 bits per heavy atom. The van der Waals surface area contributed by atoms with Crippen molar-refractivity contribution in [3.63, 3.8) is 0 Å². The van der Waals surface area contributed by atoms with E-state index in [-0.39, 0.29) is 11.9 Å². The summed E-state index contributed by atoms with van der Waals surface area (Å²) in [7, 11) is 1.85. The topological polar surface area (TPSA) is 50.2 Å². The molecule has 1 fully saturated rings. The quantitative estimate of drug-likeness (QED) is 0.696. The van der Waals surface area contributed by atoms with Crippen LogP contribution in [0.4, 0.5) is 0 Å². The molecular weight excluding hydrogens is 308 g/mol. The van der Waals surface area contributed by atoms with E-state index in [1.54, 1.807) is 15.7 Å². The van der Waals surface area contributed by atoms with Crippen LogP contribution in [-0.2, 0) is 11.8 Å². The Balaban J connectivity index is 1.90. The highest BCUT2D eigenvalue weighted by molar-refractivity contribution is 7.80. The van der Waals surface area contributed by atoms with E-state index in [1.807, 2.05) is 57.3 Å². The van der Waals surface area contributed by atoms with Crippen LogP contribution in [0, 0.1) is 6.92 Å². The van der Waals surface area contributed by atoms with Crippen molar-refractivity contribution in [1.82, 2.24) is 20.0 Å². The van der Waals surface area contributed by atoms with Gasteiger partial charge in [-0.05, 0) is 43.8 Å². The number of carbonyl (C=O) groups excluding carboxylic acids is 1. The first-order valence-corrected chi connectivity index (χ1v) is 7.80. The molecule has 1 aliphatic heterocycles. The Morgan fingerprint density at radius 2 is 2.00 bits per heavy atom. The van der Waals surface area contributed by atoms with Crippen LogP contribution in [0.3, 0.4) is 0 Å². The van der Waals surface area contributed by atoms with Gasteiger partial charge < -0.3 is 5.32 Å². The highest BCUT2D eigenvalue weighted by Gasteiger charge is 2.34. The fourth-order valence-electron chi connectivity index (χ4n) is 2.69. The Labute approximate surface area is 140 Å². The summed E-state index contributed by atoms with van der Waals surface area (Å²) in [6.07, 6.45) is 1.78. The molecular formula is C17H18N4OS. The summed E-state index contributed by atoms with van der Waals surface area (Å²) >= 11 is 5.36. The van der Waals surface area contributed by atoms with Crippen LogP contribution in [-0.4, -0.2) is 25.7 Å². The molecule has 0 radical (unpaired) electrons. The van der Waals surface area contributed by atoms with Gasteiger partial charge in [-0.1, -0.05) is 30.3 Å². The lowest BCUT2D eigenvalue weighted by Gasteiger charge is -2.23. The first-order valence-electron chi connectivity index (χ1n) is 7.39. The Hall–Kier alpha value is -2.47. The van der Waals surface area contributed by atoms with E-state index < -0.39 is 0 Å². The van der Waals surface area contributed by atoms with E-state index in [1.165, 1.54) is 0 Å². The third kappa shape index (κ3) is 2.90. The summed E-state index contributed by atoms with van der Waals surface area (Å²) in [5.41, 5.74) is 3.28. The molecule has 2 heterocycles. The molecule has 6 heteroatoms. The number of thiocarbonyl (C=S) groups is 1. The van der Waals surface area contributed by atoms with Gasteiger partial charge in [0.15, 0.2) is 5.11 Å². The molecule has 1 atom stereocenters. The van der Waals surface area contributed by atoms with Gasteiger partial charge in [-0.3, -0.25) is 14.4 Å². The summed E-state index contributed by atoms with van der Waals surface area (Å²) in [5, 5.41) is 7.73. The molecule has 0 bridgehead atoms. The van der Waals surface area contributed by atoms with Gasteiger partial charge in [0.25, 0.3) is 5.91 Å². The average molecular weight is 326 g/mol. The predicted molar refractivity (Wildman–Crippen MR) is 93.4 cm³/mol. The molecule has 118 valence electrons. The predicted octanol–water partition coefficient (Wildman–Crippen LogP) is 2.55. The second kappa shape index (κ2) is 5.96. The molecule has 1 saturated heterocycles. The molecule has 1 aliphatic rings. The van der Waals surface area contributed by atoms with Crippen molar-refractivity contribution in [3.05, 3.63) is 59.0 Å². The van der Waals surface area contributed by atoms with Crippen LogP contribution in [0.25, 0.3) is 6.08 Å². The molecule has 2 aromatic rings. The van der Waals surface area contributed by atoms with Crippen molar-refractivity contribution in [1.29, 1.82) is 0 Å². The Bertz CT molecular complexity index is 794. The normalized spacial score (nSPS) is 17.7. The number of benzene rings is 1. The van der Waals surface area contributed by atoms with E-state index >= 15 is 0 Å². The summed E-state index contributed by atoms with van der Waals surface area (Å²) in [6.45, 7) is 3.89. The van der Waals surface area contributed by atoms with E-state index in [2.05, 4.69) is 10.4 Å². The molecule has 1 aromatic carbocycles. The zero-order chi connectivity index (χ0) is 16.6. The van der Waals surface area contributed by atoms with E-state index in [0.29, 0.717) is 10.8 Å². The number of aromatic nitrogens is 2. The van der Waals surface area contributed by atoms with Crippen molar-refractivity contribution < 1.29 is 4.79 Å². The lowest BCUT2D eigenvalue weighted by atomic mass is 10.1. The summed E-state index contributed by atoms with van der Waals surface area (Å²) in [6, 6.07) is 11.7. The number of rotatable bonds is 3. The second-order valence-electron chi connectivity index (χ2n) is 5.58. The molecule has 5 nitrogen and oxygen atoms in total. The second-order valence-corrected chi connectivity index (χ2v) is 5.97. The number of amides is 1. The minimum Gasteiger partial charge on any atom is -0.328 e. The fraction of sp³-hybridized carbons (Fsp3) is 0.235. The molecule has 0 aliphatic carbocycles. The van der Waals surface area contributed by atoms with Crippen LogP contribution in [0.1, 0.15) is 29.9 Å². The van der Waals surface area contributed by atoms with E-state index in [0.717, 1.165) is 17.0 Å². The maximum absolute atomic E-state index is 12.7. The van der Waals surface area contributed by atoms with Crippen molar-refractivity contribution >= 4 is 29.3 Å². The molecule has 1 N–H and O–H groups in total. The first kappa shape index (κ1) is 15.4. The third-order valence-corrected chi connectivity index (χ3v) is 4.21. The average Bonchev–Trinajstić information content (AvgIpc) is 2.99. The van der Waals surface area contributed by atoms with E-state index in [9.17, 15) is 4.79 Å². The zero-order valence-electron chi connectivity index (χ0n) is 13.3. The minimum absolute atomic E-state index is 0.120. The molecule has 1 aromatic heterocycles. The Kier molecular flexibility index (Phi) is 4.00. The van der Waals surface area contributed by atoms with Gasteiger partial charge in [-0.2, -0.15) is 5.10 Å². The van der Waals surface area contributed by atoms with Crippen LogP contribution >= 0.6 is 12.2 Å². The van der Waals surface area contributed by atoms with Gasteiger partial charge in [0, 0.05) is 7.05 Å². The van der Waals surface area contributed by atoms with Gasteiger partial charge in [-0.25, -0.2) is 0 Å². The van der Waals surface area contributed by atoms with Crippen LogP contribution in [0.2, 0.25) is 0 Å². The number of hydrogen-bond donors (Lipinski definition) is 1. The lowest BCUT2D eigenvalue weighted by Crippen LogP contribution is -2.33. The molecule has 0 saturated carbocycles. The van der Waals surface area contributed by atoms with Crippen LogP contribution < -0.4 is 5.32 Å². The maximum Gasteiger partial charge on any atom is 0.277 e. The van der Waals surface area contributed by atoms with Crippen LogP contribution in [0.5, 0.6) is 0 Å². The number of nitrogens with one attached hydrogen (secondary N) is 1. The highest BCUT2D eigenvalue weighted by atomic mass is 32.1. The summed E-state index contributed by atoms with van der Waals surface area (Å²) in [5.74, 6) is -0.120. The van der Waals surface area contributed by atoms with Gasteiger partial charge in [-0.15, -0.1) is 0 Å². The summed E-state index contributed by atoms with van der Waals surface area (Å²) < 4.78 is 1.74. The third-order valence-electron chi connectivity index (χ3n) is 3.91. The highest BCUT2D eigenvalue weighted by Crippen LogP contribution is 2.26. The van der Waals surface area contributed by atoms with Gasteiger partial charge in [0.2, 0.25) is 0 Å².